The summed E-state index contributed by atoms with van der Waals surface area (Å²) in [6, 6.07) is 31.0. The van der Waals surface area contributed by atoms with Crippen LogP contribution in [0.4, 0.5) is 17.1 Å². The summed E-state index contributed by atoms with van der Waals surface area (Å²) in [5, 5.41) is 28.8. The van der Waals surface area contributed by atoms with Crippen LogP contribution >= 0.6 is 137 Å². The first kappa shape index (κ1) is 65.1. The molecule has 0 N–H and O–H groups in total. The number of rotatable bonds is 5. The van der Waals surface area contributed by atoms with Crippen LogP contribution < -0.4 is 112 Å². The van der Waals surface area contributed by atoms with E-state index in [1.54, 1.807) is 30.4 Å². The second-order valence-electron chi connectivity index (χ2n) is 17.7. The fraction of sp³-hybridized carbons (Fsp3) is 0.167. The van der Waals surface area contributed by atoms with Crippen LogP contribution in [-0.4, -0.2) is 72.3 Å². The number of carboxylic acids is 1. The molecular weight excluding hydrogens is 1540 g/mol. The molecule has 2 aliphatic heterocycles. The largest absolute Gasteiger partial charge is 1.00 e. The van der Waals surface area contributed by atoms with Crippen molar-refractivity contribution < 1.29 is 92.4 Å². The molecule has 4 aliphatic rings. The van der Waals surface area contributed by atoms with Gasteiger partial charge in [0.1, 0.15) is 23.2 Å². The first-order valence-corrected chi connectivity index (χ1v) is 28.3. The minimum atomic E-state index is -1.55. The molecule has 384 valence electrons. The molecule has 2 aliphatic carbocycles. The van der Waals surface area contributed by atoms with E-state index in [0.29, 0.717) is 23.7 Å². The number of carbonyl (C=O) groups excluding carboxylic acids is 1. The van der Waals surface area contributed by atoms with Gasteiger partial charge in [0.2, 0.25) is 10.8 Å². The van der Waals surface area contributed by atoms with Gasteiger partial charge in [-0.05, 0) is 170 Å². The second-order valence-corrected chi connectivity index (χ2v) is 24.4. The summed E-state index contributed by atoms with van der Waals surface area (Å²) >= 11 is 28.8. The fourth-order valence-corrected chi connectivity index (χ4v) is 13.4. The molecule has 0 saturated carbocycles. The molecule has 0 unspecified atom stereocenters. The third kappa shape index (κ3) is 13.3. The maximum absolute atomic E-state index is 12.7. The summed E-state index contributed by atoms with van der Waals surface area (Å²) in [4.78, 5) is 42.0. The zero-order chi connectivity index (χ0) is 53.1. The van der Waals surface area contributed by atoms with Crippen molar-refractivity contribution >= 4 is 203 Å². The number of fused-ring (bicyclic) bond motifs is 6. The maximum atomic E-state index is 12.7. The van der Waals surface area contributed by atoms with E-state index < -0.39 is 5.97 Å². The minimum Gasteiger partial charge on any atom is -1.00 e. The van der Waals surface area contributed by atoms with Crippen molar-refractivity contribution in [3.63, 3.8) is 0 Å². The van der Waals surface area contributed by atoms with E-state index in [0.717, 1.165) is 22.2 Å². The number of hydrogen-bond acceptors (Lipinski definition) is 11. The van der Waals surface area contributed by atoms with Crippen molar-refractivity contribution in [1.29, 1.82) is 0 Å². The van der Waals surface area contributed by atoms with E-state index in [1.807, 2.05) is 119 Å². The maximum Gasteiger partial charge on any atom is 1.00 e. The molecule has 0 fully saturated rings. The van der Waals surface area contributed by atoms with E-state index in [4.69, 9.17) is 49.2 Å². The average Bonchev–Trinajstić information content (AvgIpc) is 3.35. The van der Waals surface area contributed by atoms with Crippen LogP contribution in [-0.2, 0) is 0 Å². The summed E-state index contributed by atoms with van der Waals surface area (Å²) in [7, 11) is 16.4. The minimum absolute atomic E-state index is 0. The fourth-order valence-electron chi connectivity index (χ4n) is 7.97. The Labute approximate surface area is 565 Å². The molecule has 0 spiro atoms. The van der Waals surface area contributed by atoms with Crippen molar-refractivity contribution in [3.8, 4) is 38.8 Å². The molecule has 0 saturated heterocycles. The Morgan fingerprint density at radius 1 is 0.684 bits per heavy atom. The molecule has 6 aromatic rings. The normalized spacial score (nSPS) is 10.8. The van der Waals surface area contributed by atoms with Crippen LogP contribution in [0.3, 0.4) is 0 Å². The zero-order valence-corrected chi connectivity index (χ0v) is 59.3. The zero-order valence-electron chi connectivity index (χ0n) is 43.8. The molecule has 10 rings (SSSR count). The quantitative estimate of drug-likeness (QED) is 0.0825. The van der Waals surface area contributed by atoms with Gasteiger partial charge in [-0.2, -0.15) is 0 Å². The Morgan fingerprint density at radius 2 is 1.25 bits per heavy atom. The van der Waals surface area contributed by atoms with Gasteiger partial charge in [0, 0.05) is 117 Å². The van der Waals surface area contributed by atoms with Gasteiger partial charge in [0.05, 0.1) is 56.4 Å². The Kier molecular flexibility index (Phi) is 23.0. The summed E-state index contributed by atoms with van der Waals surface area (Å²) < 4.78 is 10.7. The van der Waals surface area contributed by atoms with Crippen molar-refractivity contribution in [2.75, 3.05) is 71.1 Å². The van der Waals surface area contributed by atoms with Gasteiger partial charge in [0.25, 0.3) is 0 Å². The number of aromatic nitrogens is 2. The average molecular weight is 1580 g/mol. The predicted molar refractivity (Wildman–Crippen MR) is 336 cm³/mol. The van der Waals surface area contributed by atoms with Crippen molar-refractivity contribution in [2.24, 2.45) is 0 Å². The number of anilines is 3. The van der Waals surface area contributed by atoms with Gasteiger partial charge in [-0.25, -0.2) is 14.5 Å². The Hall–Kier alpha value is -1.75. The van der Waals surface area contributed by atoms with E-state index in [9.17, 15) is 19.8 Å². The molecule has 0 radical (unpaired) electrons. The van der Waals surface area contributed by atoms with E-state index >= 15 is 0 Å². The molecule has 0 atom stereocenters. The number of carboxylic acid groups (broad SMARTS) is 1. The standard InChI is InChI=1S/C21H7Cl3I4O5.C17H19N3.C16H18N3S.ClH.2Na.H/c1-4-12(22)11(21(31)32)10(14(24)13(4)23)9-5-2-7(25)17(29)15(27)19(5)33-20-6(9)3-8(26)18(30)16(20)28;1-19(2)14-7-5-12-9-13-6-8-15(20(3)4)11-17(13)18-16(12)10-14;1-18(2)11-5-7-13-15(9-11)20-16-10-12(19(3)4)6-8-14(16)17-13;;;;/h2-3,29H,1H3,(H,31,32);5-11H,1-4H3;5-10H,1-4H3;1H;;;/q;;+1;;2*+1;-1/p-3. The van der Waals surface area contributed by atoms with Crippen LogP contribution in [0.1, 0.15) is 17.3 Å². The Morgan fingerprint density at radius 3 is 1.80 bits per heavy atom. The molecule has 0 bridgehead atoms. The number of aromatic carboxylic acids is 1. The Balaban J connectivity index is 0.000000254. The smallest absolute Gasteiger partial charge is 1.00 e. The number of carbonyl (C=O) groups is 1. The number of hydrogen-bond donors (Lipinski definition) is 0. The molecule has 0 amide bonds. The first-order valence-electron chi connectivity index (χ1n) is 22.0. The van der Waals surface area contributed by atoms with Gasteiger partial charge in [0.15, 0.2) is 5.76 Å². The SMILES string of the molecule is CN(C)c1ccc2cc3ccc(N(C)C)cc3nc2c1.CN(C)c1ccc2nc3ccc(=[N+](C)C)cc-3sc2c1.Cc1c(Cl)c(Cl)c(-c2c3cc(I)c(=O)c(I)c-3oc3c(I)c([O-])c(I)cc23)c(C(=O)[O-])c1Cl.[Cl-].[H-].[Na+].[Na+]. The van der Waals surface area contributed by atoms with Crippen LogP contribution in [0, 0.1) is 21.2 Å². The molecule has 11 nitrogen and oxygen atoms in total. The summed E-state index contributed by atoms with van der Waals surface area (Å²) in [6.07, 6.45) is 0. The van der Waals surface area contributed by atoms with Crippen LogP contribution in [0.5, 0.6) is 5.75 Å². The van der Waals surface area contributed by atoms with Gasteiger partial charge in [-0.1, -0.05) is 52.7 Å². The van der Waals surface area contributed by atoms with Crippen molar-refractivity contribution in [1.82, 2.24) is 14.5 Å². The monoisotopic (exact) mass is 1580 g/mol. The van der Waals surface area contributed by atoms with E-state index in [1.165, 1.54) is 42.8 Å². The summed E-state index contributed by atoms with van der Waals surface area (Å²) in [5.74, 6) is -1.62. The van der Waals surface area contributed by atoms with Gasteiger partial charge in [-0.3, -0.25) is 4.79 Å². The van der Waals surface area contributed by atoms with Crippen LogP contribution in [0.25, 0.3) is 76.0 Å². The molecule has 3 heterocycles. The number of nitrogens with zero attached hydrogens (tertiary/aromatic N) is 6. The van der Waals surface area contributed by atoms with Crippen molar-refractivity contribution in [2.45, 2.75) is 6.92 Å². The number of pyridine rings is 1. The van der Waals surface area contributed by atoms with Crippen LogP contribution in [0.15, 0.2) is 100 Å². The van der Waals surface area contributed by atoms with Gasteiger partial charge >= 0.3 is 59.1 Å². The van der Waals surface area contributed by atoms with E-state index in [-0.39, 0.29) is 134 Å². The number of benzene rings is 7. The first-order chi connectivity index (χ1) is 34.5. The molecule has 1 aromatic heterocycles. The predicted octanol–water partition coefficient (Wildman–Crippen LogP) is 3.83. The third-order valence-corrected chi connectivity index (χ3v) is 18.1. The van der Waals surface area contributed by atoms with Crippen LogP contribution in [0.2, 0.25) is 15.1 Å². The third-order valence-electron chi connectivity index (χ3n) is 12.0. The van der Waals surface area contributed by atoms with E-state index in [2.05, 4.69) is 126 Å². The number of halogens is 8. The van der Waals surface area contributed by atoms with Crippen molar-refractivity contribution in [3.05, 3.63) is 147 Å². The van der Waals surface area contributed by atoms with Gasteiger partial charge < -0.3 is 48.0 Å². The summed E-state index contributed by atoms with van der Waals surface area (Å²) in [6.45, 7) is 1.55. The molecule has 22 heteroatoms. The Bertz CT molecular complexity index is 3920. The summed E-state index contributed by atoms with van der Waals surface area (Å²) in [5.41, 5.74) is 8.41. The molecule has 76 heavy (non-hydrogen) atoms. The molecule has 5 aromatic carbocycles. The molecular formula is C54H43Cl4I4N6Na2O5S-. The topological polar surface area (TPSA) is 132 Å². The van der Waals surface area contributed by atoms with Gasteiger partial charge in [-0.15, -0.1) is 11.3 Å². The second kappa shape index (κ2) is 26.9.